The number of rotatable bonds is 4. The first-order valence-corrected chi connectivity index (χ1v) is 13.1. The first-order valence-electron chi connectivity index (χ1n) is 11.9. The number of aromatic nitrogens is 5. The zero-order chi connectivity index (χ0) is 26.2. The van der Waals surface area contributed by atoms with Gasteiger partial charge in [-0.2, -0.15) is 15.5 Å². The van der Waals surface area contributed by atoms with Crippen LogP contribution in [0.1, 0.15) is 45.2 Å². The van der Waals surface area contributed by atoms with E-state index in [0.29, 0.717) is 29.3 Å². The van der Waals surface area contributed by atoms with Crippen LogP contribution in [0.15, 0.2) is 59.0 Å². The third kappa shape index (κ3) is 5.58. The maximum Gasteiger partial charge on any atom is 0.410 e. The minimum Gasteiger partial charge on any atom is -0.444 e. The van der Waals surface area contributed by atoms with E-state index in [0.717, 1.165) is 33.9 Å². The van der Waals surface area contributed by atoms with Crippen LogP contribution in [0, 0.1) is 11.3 Å². The number of amides is 1. The van der Waals surface area contributed by atoms with Gasteiger partial charge in [0.15, 0.2) is 0 Å². The summed E-state index contributed by atoms with van der Waals surface area (Å²) in [5.41, 5.74) is 2.47. The van der Waals surface area contributed by atoms with Crippen molar-refractivity contribution < 1.29 is 9.53 Å². The molecule has 0 N–H and O–H groups in total. The van der Waals surface area contributed by atoms with Gasteiger partial charge in [-0.15, -0.1) is 0 Å². The number of nitrogens with zero attached hydrogens (tertiary/aromatic N) is 7. The number of ether oxygens (including phenoxy) is 1. The zero-order valence-electron chi connectivity index (χ0n) is 20.8. The van der Waals surface area contributed by atoms with E-state index >= 15 is 0 Å². The summed E-state index contributed by atoms with van der Waals surface area (Å²) in [6.45, 7) is 6.83. The molecule has 0 spiro atoms. The molecule has 0 aromatic carbocycles. The lowest BCUT2D eigenvalue weighted by Gasteiger charge is -2.34. The van der Waals surface area contributed by atoms with Gasteiger partial charge in [-0.1, -0.05) is 29.4 Å². The fourth-order valence-corrected chi connectivity index (χ4v) is 5.53. The molecule has 9 nitrogen and oxygen atoms in total. The summed E-state index contributed by atoms with van der Waals surface area (Å²) in [6, 6.07) is 9.73. The van der Waals surface area contributed by atoms with Crippen LogP contribution in [0.2, 0.25) is 5.15 Å². The van der Waals surface area contributed by atoms with Crippen LogP contribution in [0.4, 0.5) is 4.79 Å². The summed E-state index contributed by atoms with van der Waals surface area (Å²) < 4.78 is 9.20. The molecule has 0 unspecified atom stereocenters. The van der Waals surface area contributed by atoms with E-state index in [1.807, 2.05) is 62.2 Å². The van der Waals surface area contributed by atoms with Crippen molar-refractivity contribution in [3.8, 4) is 17.2 Å². The van der Waals surface area contributed by atoms with E-state index in [4.69, 9.17) is 16.3 Å². The van der Waals surface area contributed by atoms with E-state index in [1.165, 1.54) is 11.8 Å². The number of nitriles is 1. The van der Waals surface area contributed by atoms with E-state index in [-0.39, 0.29) is 12.1 Å². The highest BCUT2D eigenvalue weighted by Crippen LogP contribution is 2.35. The predicted molar refractivity (Wildman–Crippen MR) is 141 cm³/mol. The lowest BCUT2D eigenvalue weighted by atomic mass is 10.1. The maximum atomic E-state index is 12.6. The first-order chi connectivity index (χ1) is 17.7. The number of fused-ring (bicyclic) bond motifs is 1. The highest BCUT2D eigenvalue weighted by molar-refractivity contribution is 7.99. The van der Waals surface area contributed by atoms with Gasteiger partial charge in [0.05, 0.1) is 29.5 Å². The molecule has 5 heterocycles. The third-order valence-electron chi connectivity index (χ3n) is 5.96. The van der Waals surface area contributed by atoms with Gasteiger partial charge in [-0.3, -0.25) is 4.68 Å². The van der Waals surface area contributed by atoms with Crippen molar-refractivity contribution in [1.29, 1.82) is 5.26 Å². The van der Waals surface area contributed by atoms with Crippen LogP contribution in [0.25, 0.3) is 16.6 Å². The van der Waals surface area contributed by atoms with Crippen LogP contribution < -0.4 is 0 Å². The Morgan fingerprint density at radius 2 is 2.05 bits per heavy atom. The molecule has 0 aliphatic carbocycles. The molecule has 1 fully saturated rings. The van der Waals surface area contributed by atoms with Crippen LogP contribution in [-0.2, 0) is 4.74 Å². The van der Waals surface area contributed by atoms with Crippen molar-refractivity contribution in [3.05, 3.63) is 59.8 Å². The fourth-order valence-electron chi connectivity index (χ4n) is 4.31. The molecule has 0 bridgehead atoms. The summed E-state index contributed by atoms with van der Waals surface area (Å²) in [6.07, 6.45) is 8.76. The van der Waals surface area contributed by atoms with Gasteiger partial charge >= 0.3 is 6.09 Å². The Balaban J connectivity index is 1.43. The largest absolute Gasteiger partial charge is 0.444 e. The molecule has 1 aliphatic heterocycles. The van der Waals surface area contributed by atoms with Gasteiger partial charge in [-0.05, 0) is 51.8 Å². The minimum atomic E-state index is -0.532. The van der Waals surface area contributed by atoms with Crippen LogP contribution >= 0.6 is 23.4 Å². The molecular formula is C26H26ClN7O2S. The average molecular weight is 536 g/mol. The molecule has 4 aromatic heterocycles. The number of likely N-dealkylation sites (tertiary alicyclic amines) is 1. The Morgan fingerprint density at radius 3 is 2.81 bits per heavy atom. The topological polar surface area (TPSA) is 101 Å². The second-order valence-corrected chi connectivity index (χ2v) is 11.3. The fraction of sp³-hybridized carbons (Fsp3) is 0.346. The molecule has 0 saturated carbocycles. The van der Waals surface area contributed by atoms with Crippen molar-refractivity contribution in [3.63, 3.8) is 0 Å². The second kappa shape index (κ2) is 10.1. The number of carbonyl (C=O) groups excluding carboxylic acids is 1. The van der Waals surface area contributed by atoms with Gasteiger partial charge in [-0.25, -0.2) is 14.3 Å². The lowest BCUT2D eigenvalue weighted by Crippen LogP contribution is -2.43. The lowest BCUT2D eigenvalue weighted by molar-refractivity contribution is 0.0167. The van der Waals surface area contributed by atoms with E-state index in [2.05, 4.69) is 21.3 Å². The summed E-state index contributed by atoms with van der Waals surface area (Å²) in [5, 5.41) is 19.8. The number of carbonyl (C=O) groups is 1. The molecule has 37 heavy (non-hydrogen) atoms. The molecule has 4 aromatic rings. The highest BCUT2D eigenvalue weighted by atomic mass is 35.5. The number of piperidine rings is 1. The maximum absolute atomic E-state index is 12.6. The van der Waals surface area contributed by atoms with Gasteiger partial charge in [0.25, 0.3) is 0 Å². The standard InChI is InChI=1S/C26H26ClN7O2S/c1-26(2,3)36-25(35)32-9-5-6-20(16-32)33-15-19(13-29-33)17-10-21(37-23-8-4-7-22(27)31-23)24-18(11-28)12-30-34(24)14-17/h4,7-8,10,12-15,20H,5-6,9,16H2,1-3H3/t20-/m0/s1. The molecule has 1 amide bonds. The predicted octanol–water partition coefficient (Wildman–Crippen LogP) is 5.84. The van der Waals surface area contributed by atoms with E-state index in [1.54, 1.807) is 21.7 Å². The summed E-state index contributed by atoms with van der Waals surface area (Å²) >= 11 is 7.52. The van der Waals surface area contributed by atoms with E-state index < -0.39 is 5.60 Å². The third-order valence-corrected chi connectivity index (χ3v) is 7.14. The van der Waals surface area contributed by atoms with Crippen molar-refractivity contribution in [2.45, 2.75) is 55.2 Å². The molecule has 1 atom stereocenters. The van der Waals surface area contributed by atoms with Gasteiger partial charge in [0, 0.05) is 41.5 Å². The van der Waals surface area contributed by atoms with E-state index in [9.17, 15) is 10.1 Å². The second-order valence-electron chi connectivity index (χ2n) is 9.89. The van der Waals surface area contributed by atoms with Crippen LogP contribution in [0.5, 0.6) is 0 Å². The molecule has 1 aliphatic rings. The highest BCUT2D eigenvalue weighted by Gasteiger charge is 2.29. The van der Waals surface area contributed by atoms with Gasteiger partial charge < -0.3 is 9.64 Å². The number of halogens is 1. The Kier molecular flexibility index (Phi) is 6.84. The minimum absolute atomic E-state index is 0.0538. The number of hydrogen-bond donors (Lipinski definition) is 0. The normalized spacial score (nSPS) is 16.1. The Hall–Kier alpha value is -3.55. The Bertz CT molecular complexity index is 1500. The summed E-state index contributed by atoms with van der Waals surface area (Å²) in [5.74, 6) is 0. The zero-order valence-corrected chi connectivity index (χ0v) is 22.3. The molecule has 190 valence electrons. The molecule has 11 heteroatoms. The number of pyridine rings is 2. The SMILES string of the molecule is CC(C)(C)OC(=O)N1CCC[C@H](n2cc(-c3cc(Sc4cccc(Cl)n4)c4c(C#N)cnn4c3)cn2)C1. The van der Waals surface area contributed by atoms with Crippen molar-refractivity contribution in [2.75, 3.05) is 13.1 Å². The van der Waals surface area contributed by atoms with Crippen LogP contribution in [-0.4, -0.2) is 54.1 Å². The van der Waals surface area contributed by atoms with Crippen molar-refractivity contribution >= 4 is 35.0 Å². The van der Waals surface area contributed by atoms with Gasteiger partial charge in [0.2, 0.25) is 0 Å². The van der Waals surface area contributed by atoms with Crippen LogP contribution in [0.3, 0.4) is 0 Å². The van der Waals surface area contributed by atoms with Crippen molar-refractivity contribution in [1.82, 2.24) is 29.3 Å². The average Bonchev–Trinajstić information content (AvgIpc) is 3.51. The molecule has 0 radical (unpaired) electrons. The molecule has 5 rings (SSSR count). The monoisotopic (exact) mass is 535 g/mol. The number of hydrogen-bond acceptors (Lipinski definition) is 7. The summed E-state index contributed by atoms with van der Waals surface area (Å²) in [4.78, 5) is 19.6. The summed E-state index contributed by atoms with van der Waals surface area (Å²) in [7, 11) is 0. The molecule has 1 saturated heterocycles. The van der Waals surface area contributed by atoms with Crippen molar-refractivity contribution in [2.24, 2.45) is 0 Å². The Morgan fingerprint density at radius 1 is 1.22 bits per heavy atom. The molecular weight excluding hydrogens is 510 g/mol. The van der Waals surface area contributed by atoms with Gasteiger partial charge in [0.1, 0.15) is 21.8 Å². The smallest absolute Gasteiger partial charge is 0.410 e. The first kappa shape index (κ1) is 25.1. The quantitative estimate of drug-likeness (QED) is 0.302. The Labute approximate surface area is 224 Å².